The van der Waals surface area contributed by atoms with Gasteiger partial charge in [0.15, 0.2) is 0 Å². The fourth-order valence-electron chi connectivity index (χ4n) is 3.76. The van der Waals surface area contributed by atoms with Crippen molar-refractivity contribution in [2.45, 2.75) is 52.4 Å². The van der Waals surface area contributed by atoms with E-state index >= 15 is 0 Å². The number of nitrogens with one attached hydrogen (secondary N) is 1. The van der Waals surface area contributed by atoms with E-state index in [0.29, 0.717) is 11.1 Å². The molecule has 0 fully saturated rings. The summed E-state index contributed by atoms with van der Waals surface area (Å²) in [7, 11) is 0. The maximum Gasteiger partial charge on any atom is 0.0998 e. The molecular weight excluding hydrogens is 354 g/mol. The van der Waals surface area contributed by atoms with Gasteiger partial charge in [0.2, 0.25) is 0 Å². The van der Waals surface area contributed by atoms with E-state index in [4.69, 9.17) is 0 Å². The highest BCUT2D eigenvalue weighted by Crippen LogP contribution is 2.47. The van der Waals surface area contributed by atoms with E-state index < -0.39 is 0 Å². The quantitative estimate of drug-likeness (QED) is 0.537. The standard InChI is InChI=1S/C26H27N3/c1-25(2,3)23-21(19-13-9-7-11-17(19)15-27)22(24(29-23)26(4,5)6)20-14-10-8-12-18(20)16-28/h7-14,29H,1-6H3. The monoisotopic (exact) mass is 381 g/mol. The Bertz CT molecular complexity index is 1050. The Labute approximate surface area is 173 Å². The summed E-state index contributed by atoms with van der Waals surface area (Å²) in [4.78, 5) is 3.71. The lowest BCUT2D eigenvalue weighted by Crippen LogP contribution is -2.16. The Morgan fingerprint density at radius 2 is 0.966 bits per heavy atom. The van der Waals surface area contributed by atoms with Crippen molar-refractivity contribution >= 4 is 0 Å². The smallest absolute Gasteiger partial charge is 0.0998 e. The van der Waals surface area contributed by atoms with Crippen LogP contribution in [0.4, 0.5) is 0 Å². The van der Waals surface area contributed by atoms with Gasteiger partial charge in [-0.25, -0.2) is 0 Å². The minimum atomic E-state index is -0.169. The van der Waals surface area contributed by atoms with E-state index in [2.05, 4.69) is 58.7 Å². The van der Waals surface area contributed by atoms with Crippen molar-refractivity contribution in [1.82, 2.24) is 4.98 Å². The minimum absolute atomic E-state index is 0.169. The van der Waals surface area contributed by atoms with Crippen molar-refractivity contribution < 1.29 is 0 Å². The lowest BCUT2D eigenvalue weighted by atomic mass is 9.80. The van der Waals surface area contributed by atoms with Crippen LogP contribution in [0.5, 0.6) is 0 Å². The molecule has 0 unspecified atom stereocenters. The number of aromatic nitrogens is 1. The average Bonchev–Trinajstić information content (AvgIpc) is 3.09. The highest BCUT2D eigenvalue weighted by Gasteiger charge is 2.33. The molecule has 1 heterocycles. The molecule has 0 atom stereocenters. The summed E-state index contributed by atoms with van der Waals surface area (Å²) in [6.45, 7) is 13.0. The van der Waals surface area contributed by atoms with Crippen molar-refractivity contribution in [3.05, 3.63) is 71.0 Å². The molecule has 0 bridgehead atoms. The van der Waals surface area contributed by atoms with Crippen molar-refractivity contribution in [3.63, 3.8) is 0 Å². The van der Waals surface area contributed by atoms with Crippen LogP contribution in [0.1, 0.15) is 64.1 Å². The summed E-state index contributed by atoms with van der Waals surface area (Å²) < 4.78 is 0. The number of aromatic amines is 1. The first kappa shape index (κ1) is 20.4. The molecule has 3 heteroatoms. The zero-order valence-electron chi connectivity index (χ0n) is 18.0. The van der Waals surface area contributed by atoms with Gasteiger partial charge in [-0.1, -0.05) is 77.9 Å². The van der Waals surface area contributed by atoms with Gasteiger partial charge in [0, 0.05) is 44.5 Å². The number of rotatable bonds is 2. The molecule has 1 N–H and O–H groups in total. The van der Waals surface area contributed by atoms with E-state index in [1.54, 1.807) is 0 Å². The second-order valence-electron chi connectivity index (χ2n) is 9.44. The maximum atomic E-state index is 9.79. The third kappa shape index (κ3) is 3.69. The number of hydrogen-bond donors (Lipinski definition) is 1. The van der Waals surface area contributed by atoms with Gasteiger partial charge in [-0.3, -0.25) is 0 Å². The summed E-state index contributed by atoms with van der Waals surface area (Å²) in [5.74, 6) is 0. The van der Waals surface area contributed by atoms with Gasteiger partial charge in [-0.15, -0.1) is 0 Å². The molecule has 2 aromatic carbocycles. The molecule has 29 heavy (non-hydrogen) atoms. The summed E-state index contributed by atoms with van der Waals surface area (Å²) >= 11 is 0. The normalized spacial score (nSPS) is 11.7. The molecule has 0 saturated carbocycles. The molecule has 3 aromatic rings. The Balaban J connectivity index is 2.57. The predicted octanol–water partition coefficient (Wildman–Crippen LogP) is 6.69. The Hall–Kier alpha value is -3.30. The molecular formula is C26H27N3. The van der Waals surface area contributed by atoms with Crippen LogP contribution >= 0.6 is 0 Å². The molecule has 146 valence electrons. The van der Waals surface area contributed by atoms with Crippen LogP contribution in [-0.2, 0) is 10.8 Å². The highest BCUT2D eigenvalue weighted by molar-refractivity contribution is 5.92. The molecule has 0 aliphatic heterocycles. The molecule has 0 amide bonds. The molecule has 0 aliphatic rings. The lowest BCUT2D eigenvalue weighted by Gasteiger charge is -2.21. The second kappa shape index (κ2) is 7.26. The first-order valence-corrected chi connectivity index (χ1v) is 9.85. The summed E-state index contributed by atoms with van der Waals surface area (Å²) in [5.41, 5.74) is 6.91. The summed E-state index contributed by atoms with van der Waals surface area (Å²) in [5, 5.41) is 19.6. The summed E-state index contributed by atoms with van der Waals surface area (Å²) in [6.07, 6.45) is 0. The van der Waals surface area contributed by atoms with Crippen LogP contribution in [0.15, 0.2) is 48.5 Å². The summed E-state index contributed by atoms with van der Waals surface area (Å²) in [6, 6.07) is 20.1. The van der Waals surface area contributed by atoms with E-state index in [-0.39, 0.29) is 10.8 Å². The van der Waals surface area contributed by atoms with Crippen LogP contribution < -0.4 is 0 Å². The number of H-pyrrole nitrogens is 1. The fraction of sp³-hybridized carbons (Fsp3) is 0.308. The third-order valence-electron chi connectivity index (χ3n) is 5.13. The van der Waals surface area contributed by atoms with Gasteiger partial charge in [0.05, 0.1) is 23.3 Å². The molecule has 0 saturated heterocycles. The number of nitrogens with zero attached hydrogens (tertiary/aromatic N) is 2. The fourth-order valence-corrected chi connectivity index (χ4v) is 3.76. The van der Waals surface area contributed by atoms with Crippen molar-refractivity contribution in [1.29, 1.82) is 10.5 Å². The van der Waals surface area contributed by atoms with Gasteiger partial charge >= 0.3 is 0 Å². The van der Waals surface area contributed by atoms with E-state index in [1.807, 2.05) is 48.5 Å². The van der Waals surface area contributed by atoms with Crippen LogP contribution in [0, 0.1) is 22.7 Å². The SMILES string of the molecule is CC(C)(C)c1[nH]c(C(C)(C)C)c(-c2ccccc2C#N)c1-c1ccccc1C#N. The van der Waals surface area contributed by atoms with Crippen molar-refractivity contribution in [3.8, 4) is 34.4 Å². The van der Waals surface area contributed by atoms with Crippen LogP contribution in [0.3, 0.4) is 0 Å². The molecule has 3 nitrogen and oxygen atoms in total. The molecule has 1 aromatic heterocycles. The Morgan fingerprint density at radius 3 is 1.28 bits per heavy atom. The maximum absolute atomic E-state index is 9.79. The number of nitriles is 2. The average molecular weight is 382 g/mol. The third-order valence-corrected chi connectivity index (χ3v) is 5.13. The van der Waals surface area contributed by atoms with Gasteiger partial charge in [0.25, 0.3) is 0 Å². The van der Waals surface area contributed by atoms with Crippen LogP contribution in [0.2, 0.25) is 0 Å². The minimum Gasteiger partial charge on any atom is -0.360 e. The van der Waals surface area contributed by atoms with Gasteiger partial charge in [-0.05, 0) is 12.1 Å². The van der Waals surface area contributed by atoms with Crippen molar-refractivity contribution in [2.75, 3.05) is 0 Å². The van der Waals surface area contributed by atoms with Gasteiger partial charge < -0.3 is 4.98 Å². The zero-order valence-corrected chi connectivity index (χ0v) is 18.0. The van der Waals surface area contributed by atoms with Crippen LogP contribution in [0.25, 0.3) is 22.3 Å². The van der Waals surface area contributed by atoms with E-state index in [0.717, 1.165) is 33.6 Å². The lowest BCUT2D eigenvalue weighted by molar-refractivity contribution is 0.544. The molecule has 0 aliphatic carbocycles. The topological polar surface area (TPSA) is 63.4 Å². The van der Waals surface area contributed by atoms with E-state index in [1.165, 1.54) is 0 Å². The Kier molecular flexibility index (Phi) is 5.12. The molecule has 3 rings (SSSR count). The first-order valence-electron chi connectivity index (χ1n) is 9.85. The highest BCUT2D eigenvalue weighted by atomic mass is 14.8. The van der Waals surface area contributed by atoms with Crippen molar-refractivity contribution in [2.24, 2.45) is 0 Å². The number of hydrogen-bond acceptors (Lipinski definition) is 2. The molecule has 0 spiro atoms. The predicted molar refractivity (Wildman–Crippen MR) is 118 cm³/mol. The zero-order chi connectivity index (χ0) is 21.4. The molecule has 0 radical (unpaired) electrons. The van der Waals surface area contributed by atoms with Gasteiger partial charge in [-0.2, -0.15) is 10.5 Å². The first-order chi connectivity index (χ1) is 13.6. The largest absolute Gasteiger partial charge is 0.360 e. The van der Waals surface area contributed by atoms with E-state index in [9.17, 15) is 10.5 Å². The second-order valence-corrected chi connectivity index (χ2v) is 9.44. The Morgan fingerprint density at radius 1 is 0.621 bits per heavy atom. The number of benzene rings is 2. The van der Waals surface area contributed by atoms with Crippen LogP contribution in [-0.4, -0.2) is 4.98 Å². The van der Waals surface area contributed by atoms with Gasteiger partial charge in [0.1, 0.15) is 0 Å².